The Morgan fingerprint density at radius 3 is 2.59 bits per heavy atom. The first-order valence-electron chi connectivity index (χ1n) is 4.63. The fraction of sp³-hybridized carbons (Fsp3) is 0.300. The van der Waals surface area contributed by atoms with Crippen molar-refractivity contribution in [3.8, 4) is 5.75 Å². The molecule has 0 radical (unpaired) electrons. The molecule has 17 heavy (non-hydrogen) atoms. The molecule has 0 spiro atoms. The molecule has 0 unspecified atom stereocenters. The van der Waals surface area contributed by atoms with Crippen LogP contribution in [0.2, 0.25) is 0 Å². The summed E-state index contributed by atoms with van der Waals surface area (Å²) in [6, 6.07) is 3.56. The number of halogens is 2. The molecule has 0 aliphatic heterocycles. The van der Waals surface area contributed by atoms with E-state index in [2.05, 4.69) is 4.74 Å². The number of hydrogen-bond donors (Lipinski definition) is 3. The van der Waals surface area contributed by atoms with E-state index in [1.165, 1.54) is 18.2 Å². The van der Waals surface area contributed by atoms with Gasteiger partial charge in [0.2, 0.25) is 0 Å². The maximum absolute atomic E-state index is 11.9. The van der Waals surface area contributed by atoms with Crippen LogP contribution in [0.5, 0.6) is 5.75 Å². The van der Waals surface area contributed by atoms with Crippen LogP contribution in [0.1, 0.15) is 11.7 Å². The molecule has 1 aromatic carbocycles. The Morgan fingerprint density at radius 1 is 1.41 bits per heavy atom. The first-order chi connectivity index (χ1) is 7.91. The van der Waals surface area contributed by atoms with Gasteiger partial charge in [0.25, 0.3) is 0 Å². The van der Waals surface area contributed by atoms with Gasteiger partial charge < -0.3 is 20.7 Å². The van der Waals surface area contributed by atoms with Gasteiger partial charge in [-0.25, -0.2) is 0 Å². The molecule has 94 valence electrons. The Kier molecular flexibility index (Phi) is 4.36. The van der Waals surface area contributed by atoms with Crippen LogP contribution in [-0.2, 0) is 4.79 Å². The van der Waals surface area contributed by atoms with Crippen molar-refractivity contribution in [1.82, 2.24) is 0 Å². The highest BCUT2D eigenvalue weighted by molar-refractivity contribution is 5.74. The number of carboxylic acids is 1. The van der Waals surface area contributed by atoms with Gasteiger partial charge in [-0.05, 0) is 17.7 Å². The molecular weight excluding hydrogens is 236 g/mol. The van der Waals surface area contributed by atoms with Crippen molar-refractivity contribution in [2.24, 2.45) is 5.73 Å². The highest BCUT2D eigenvalue weighted by atomic mass is 19.3. The fourth-order valence-corrected chi connectivity index (χ4v) is 1.22. The van der Waals surface area contributed by atoms with Crippen LogP contribution in [0.15, 0.2) is 24.3 Å². The van der Waals surface area contributed by atoms with E-state index in [1.54, 1.807) is 0 Å². The number of rotatable bonds is 5. The van der Waals surface area contributed by atoms with E-state index in [0.717, 1.165) is 6.07 Å². The highest BCUT2D eigenvalue weighted by Gasteiger charge is 2.23. The van der Waals surface area contributed by atoms with Crippen LogP contribution in [0.4, 0.5) is 8.78 Å². The molecule has 0 aliphatic carbocycles. The number of aliphatic hydroxyl groups excluding tert-OH is 1. The zero-order valence-corrected chi connectivity index (χ0v) is 8.59. The third kappa shape index (κ3) is 3.65. The second kappa shape index (κ2) is 5.55. The maximum atomic E-state index is 11.9. The molecule has 4 N–H and O–H groups in total. The predicted molar refractivity (Wildman–Crippen MR) is 53.6 cm³/mol. The Hall–Kier alpha value is -1.73. The number of aliphatic hydroxyl groups is 1. The van der Waals surface area contributed by atoms with Gasteiger partial charge in [0.15, 0.2) is 0 Å². The SMILES string of the molecule is N[C@H](C(=O)O)[C@H](O)c1cccc(OC(F)F)c1. The fourth-order valence-electron chi connectivity index (χ4n) is 1.22. The van der Waals surface area contributed by atoms with E-state index >= 15 is 0 Å². The van der Waals surface area contributed by atoms with E-state index in [0.29, 0.717) is 0 Å². The number of nitrogens with two attached hydrogens (primary N) is 1. The summed E-state index contributed by atoms with van der Waals surface area (Å²) in [5.41, 5.74) is 5.30. The number of ether oxygens (including phenoxy) is 1. The average Bonchev–Trinajstić information content (AvgIpc) is 2.26. The van der Waals surface area contributed by atoms with Gasteiger partial charge in [0.1, 0.15) is 17.9 Å². The highest BCUT2D eigenvalue weighted by Crippen LogP contribution is 2.22. The molecular formula is C10H11F2NO4. The molecule has 1 aromatic rings. The largest absolute Gasteiger partial charge is 0.480 e. The van der Waals surface area contributed by atoms with E-state index in [1.807, 2.05) is 0 Å². The number of benzene rings is 1. The lowest BCUT2D eigenvalue weighted by Crippen LogP contribution is -2.36. The second-order valence-corrected chi connectivity index (χ2v) is 3.26. The number of aliphatic carboxylic acids is 1. The minimum atomic E-state index is -2.99. The van der Waals surface area contributed by atoms with Crippen molar-refractivity contribution >= 4 is 5.97 Å². The number of alkyl halides is 2. The molecule has 0 bridgehead atoms. The third-order valence-corrected chi connectivity index (χ3v) is 2.05. The summed E-state index contributed by atoms with van der Waals surface area (Å²) in [7, 11) is 0. The van der Waals surface area contributed by atoms with Crippen LogP contribution in [-0.4, -0.2) is 28.8 Å². The van der Waals surface area contributed by atoms with Crippen LogP contribution in [0.25, 0.3) is 0 Å². The number of carboxylic acid groups (broad SMARTS) is 1. The first kappa shape index (κ1) is 13.3. The second-order valence-electron chi connectivity index (χ2n) is 3.26. The van der Waals surface area contributed by atoms with Crippen molar-refractivity contribution in [2.75, 3.05) is 0 Å². The molecule has 2 atom stereocenters. The van der Waals surface area contributed by atoms with Gasteiger partial charge in [0, 0.05) is 0 Å². The van der Waals surface area contributed by atoms with Crippen LogP contribution < -0.4 is 10.5 Å². The van der Waals surface area contributed by atoms with Gasteiger partial charge in [-0.1, -0.05) is 12.1 Å². The average molecular weight is 247 g/mol. The molecule has 0 heterocycles. The molecule has 0 aliphatic rings. The summed E-state index contributed by atoms with van der Waals surface area (Å²) < 4.78 is 28.0. The molecule has 0 fully saturated rings. The van der Waals surface area contributed by atoms with Gasteiger partial charge in [-0.3, -0.25) is 4.79 Å². The van der Waals surface area contributed by atoms with E-state index in [-0.39, 0.29) is 11.3 Å². The van der Waals surface area contributed by atoms with Crippen LogP contribution in [0, 0.1) is 0 Å². The number of hydrogen-bond acceptors (Lipinski definition) is 4. The van der Waals surface area contributed by atoms with Crippen molar-refractivity contribution in [3.05, 3.63) is 29.8 Å². The maximum Gasteiger partial charge on any atom is 0.387 e. The van der Waals surface area contributed by atoms with Gasteiger partial charge in [0.05, 0.1) is 0 Å². The smallest absolute Gasteiger partial charge is 0.387 e. The lowest BCUT2D eigenvalue weighted by Gasteiger charge is -2.16. The zero-order chi connectivity index (χ0) is 13.0. The number of carbonyl (C=O) groups is 1. The molecule has 0 saturated heterocycles. The zero-order valence-electron chi connectivity index (χ0n) is 8.59. The normalized spacial score (nSPS) is 14.4. The molecule has 0 amide bonds. The topological polar surface area (TPSA) is 92.8 Å². The monoisotopic (exact) mass is 247 g/mol. The van der Waals surface area contributed by atoms with E-state index in [4.69, 9.17) is 10.8 Å². The van der Waals surface area contributed by atoms with Gasteiger partial charge >= 0.3 is 12.6 Å². The molecule has 1 rings (SSSR count). The minimum Gasteiger partial charge on any atom is -0.480 e. The van der Waals surface area contributed by atoms with Crippen LogP contribution >= 0.6 is 0 Å². The predicted octanol–water partition coefficient (Wildman–Crippen LogP) is 0.733. The Balaban J connectivity index is 2.87. The standard InChI is InChI=1S/C10H11F2NO4/c11-10(12)17-6-3-1-2-5(4-6)8(14)7(13)9(15)16/h1-4,7-8,10,14H,13H2,(H,15,16)/t7-,8+/m0/s1. The summed E-state index contributed by atoms with van der Waals surface area (Å²) in [5, 5.41) is 18.2. The van der Waals surface area contributed by atoms with E-state index in [9.17, 15) is 18.7 Å². The van der Waals surface area contributed by atoms with Gasteiger partial charge in [-0.2, -0.15) is 8.78 Å². The Morgan fingerprint density at radius 2 is 2.06 bits per heavy atom. The molecule has 5 nitrogen and oxygen atoms in total. The van der Waals surface area contributed by atoms with Crippen LogP contribution in [0.3, 0.4) is 0 Å². The summed E-state index contributed by atoms with van der Waals surface area (Å²) in [5.74, 6) is -1.56. The summed E-state index contributed by atoms with van der Waals surface area (Å²) in [4.78, 5) is 10.5. The first-order valence-corrected chi connectivity index (χ1v) is 4.63. The summed E-state index contributed by atoms with van der Waals surface area (Å²) in [6.45, 7) is -2.99. The van der Waals surface area contributed by atoms with Crippen molar-refractivity contribution in [3.63, 3.8) is 0 Å². The lowest BCUT2D eigenvalue weighted by molar-refractivity contribution is -0.141. The lowest BCUT2D eigenvalue weighted by atomic mass is 10.0. The van der Waals surface area contributed by atoms with E-state index < -0.39 is 24.7 Å². The molecule has 0 aromatic heterocycles. The summed E-state index contributed by atoms with van der Waals surface area (Å²) in [6.07, 6.45) is -1.49. The Bertz CT molecular complexity index is 400. The van der Waals surface area contributed by atoms with Crippen molar-refractivity contribution in [2.45, 2.75) is 18.8 Å². The van der Waals surface area contributed by atoms with Crippen molar-refractivity contribution in [1.29, 1.82) is 0 Å². The minimum absolute atomic E-state index is 0.0954. The van der Waals surface area contributed by atoms with Crippen molar-refractivity contribution < 1.29 is 28.5 Å². The van der Waals surface area contributed by atoms with Gasteiger partial charge in [-0.15, -0.1) is 0 Å². The third-order valence-electron chi connectivity index (χ3n) is 2.05. The quantitative estimate of drug-likeness (QED) is 0.713. The molecule has 7 heteroatoms. The Labute approximate surface area is 95.4 Å². The molecule has 0 saturated carbocycles. The summed E-state index contributed by atoms with van der Waals surface area (Å²) >= 11 is 0.